The molecule has 0 aliphatic rings. The van der Waals surface area contributed by atoms with Crippen LogP contribution in [0.15, 0.2) is 11.5 Å². The first-order valence-electron chi connectivity index (χ1n) is 1.32. The smallest absolute Gasteiger partial charge is 0.165 e. The first kappa shape index (κ1) is 6.67. The van der Waals surface area contributed by atoms with Gasteiger partial charge < -0.3 is 0 Å². The van der Waals surface area contributed by atoms with Gasteiger partial charge in [-0.15, -0.1) is 0 Å². The average Bonchev–Trinajstić information content (AvgIpc) is 1.35. The van der Waals surface area contributed by atoms with Gasteiger partial charge in [-0.1, -0.05) is 17.6 Å². The minimum Gasteiger partial charge on any atom is -0.165 e. The molecule has 0 aliphatic heterocycles. The van der Waals surface area contributed by atoms with E-state index in [1.54, 1.807) is 0 Å². The summed E-state index contributed by atoms with van der Waals surface area (Å²) < 4.78 is 0. The molecule has 34 valence electrons. The van der Waals surface area contributed by atoms with Gasteiger partial charge in [0, 0.05) is 0 Å². The second-order valence-corrected chi connectivity index (χ2v) is 2.07. The fourth-order valence-electron chi connectivity index (χ4n) is 0.0550. The van der Waals surface area contributed by atoms with E-state index >= 15 is 0 Å². The topological polar surface area (TPSA) is 0 Å². The van der Waals surface area contributed by atoms with Crippen molar-refractivity contribution in [3.8, 4) is 0 Å². The largest absolute Gasteiger partial charge is 0.376 e. The fourth-order valence-corrected chi connectivity index (χ4v) is 0.495. The lowest BCUT2D eigenvalue weighted by Crippen LogP contribution is -1.80. The van der Waals surface area contributed by atoms with Gasteiger partial charge in [-0.25, -0.2) is 0 Å². The van der Waals surface area contributed by atoms with Crippen molar-refractivity contribution in [3.63, 3.8) is 0 Å². The molecule has 0 saturated heterocycles. The number of rotatable bonds is 1. The highest BCUT2D eigenvalue weighted by molar-refractivity contribution is 7.36. The van der Waals surface area contributed by atoms with Gasteiger partial charge in [-0.2, -0.15) is 22.9 Å². The Morgan fingerprint density at radius 2 is 1.83 bits per heavy atom. The van der Waals surface area contributed by atoms with Crippen molar-refractivity contribution in [1.29, 1.82) is 0 Å². The molecular formula is C2H2BCl3. The molecule has 0 aliphatic carbocycles. The molecule has 0 aromatic heterocycles. The molecule has 0 fully saturated rings. The Labute approximate surface area is 52.0 Å². The van der Waals surface area contributed by atoms with E-state index in [4.69, 9.17) is 34.5 Å². The molecule has 0 bridgehead atoms. The van der Waals surface area contributed by atoms with E-state index in [9.17, 15) is 0 Å². The Morgan fingerprint density at radius 3 is 1.83 bits per heavy atom. The lowest BCUT2D eigenvalue weighted by atomic mass is 10.1. The fraction of sp³-hybridized carbons (Fsp3) is 0. The van der Waals surface area contributed by atoms with E-state index in [0.717, 1.165) is 0 Å². The lowest BCUT2D eigenvalue weighted by Gasteiger charge is -1.73. The van der Waals surface area contributed by atoms with Crippen molar-refractivity contribution in [2.75, 3.05) is 0 Å². The van der Waals surface area contributed by atoms with Gasteiger partial charge in [0.05, 0.1) is 0 Å². The van der Waals surface area contributed by atoms with Gasteiger partial charge in [0.25, 0.3) is 0 Å². The molecule has 0 spiro atoms. The van der Waals surface area contributed by atoms with Crippen LogP contribution in [0.1, 0.15) is 0 Å². The van der Waals surface area contributed by atoms with Crippen molar-refractivity contribution in [2.45, 2.75) is 0 Å². The Hall–Kier alpha value is 0.675. The van der Waals surface area contributed by atoms with Gasteiger partial charge in [-0.05, 0) is 5.54 Å². The first-order valence-corrected chi connectivity index (χ1v) is 2.63. The quantitative estimate of drug-likeness (QED) is 0.494. The molecule has 0 radical (unpaired) electrons. The summed E-state index contributed by atoms with van der Waals surface area (Å²) in [6.07, 6.45) is 0. The first-order chi connectivity index (χ1) is 2.77. The van der Waals surface area contributed by atoms with E-state index in [2.05, 4.69) is 0 Å². The monoisotopic (exact) mass is 142 g/mol. The summed E-state index contributed by atoms with van der Waals surface area (Å²) in [5.74, 6) is 1.46. The van der Waals surface area contributed by atoms with Crippen LogP contribution in [0.5, 0.6) is 0 Å². The third-order valence-electron chi connectivity index (χ3n) is 0.218. The van der Waals surface area contributed by atoms with Gasteiger partial charge in [0.1, 0.15) is 0 Å². The van der Waals surface area contributed by atoms with Crippen molar-refractivity contribution in [2.24, 2.45) is 0 Å². The van der Waals surface area contributed by atoms with Gasteiger partial charge in [0.2, 0.25) is 0 Å². The molecule has 0 rings (SSSR count). The number of halogens is 3. The van der Waals surface area contributed by atoms with Crippen molar-refractivity contribution in [1.82, 2.24) is 0 Å². The molecule has 0 amide bonds. The number of hydrogen-bond donors (Lipinski definition) is 0. The predicted octanol–water partition coefficient (Wildman–Crippen LogP) is 2.24. The van der Waals surface area contributed by atoms with Crippen LogP contribution >= 0.6 is 34.5 Å². The highest BCUT2D eigenvalue weighted by atomic mass is 35.5. The molecule has 0 heterocycles. The van der Waals surface area contributed by atoms with Crippen LogP contribution in [-0.2, 0) is 0 Å². The molecule has 0 aromatic rings. The summed E-state index contributed by atoms with van der Waals surface area (Å²) in [4.78, 5) is 0. The van der Waals surface area contributed by atoms with Gasteiger partial charge >= 0.3 is 5.54 Å². The standard InChI is InChI=1S/C2H2BCl3/c4-2-1-3(5)6/h1-2H/b2-1-. The van der Waals surface area contributed by atoms with Crippen molar-refractivity contribution in [3.05, 3.63) is 11.5 Å². The maximum absolute atomic E-state index is 5.17. The van der Waals surface area contributed by atoms with E-state index in [1.165, 1.54) is 11.5 Å². The third kappa shape index (κ3) is 4.67. The van der Waals surface area contributed by atoms with E-state index in [1.807, 2.05) is 0 Å². The van der Waals surface area contributed by atoms with Crippen molar-refractivity contribution < 1.29 is 0 Å². The minimum absolute atomic E-state index is 0.470. The molecule has 4 heteroatoms. The highest BCUT2D eigenvalue weighted by Gasteiger charge is 1.93. The Balaban J connectivity index is 3.03. The highest BCUT2D eigenvalue weighted by Crippen LogP contribution is 1.96. The Bertz CT molecular complexity index is 50.8. The van der Waals surface area contributed by atoms with Crippen LogP contribution in [0.25, 0.3) is 0 Å². The lowest BCUT2D eigenvalue weighted by molar-refractivity contribution is 2.47. The van der Waals surface area contributed by atoms with E-state index in [0.29, 0.717) is 0 Å². The minimum atomic E-state index is -0.470. The van der Waals surface area contributed by atoms with Crippen LogP contribution in [0.3, 0.4) is 0 Å². The van der Waals surface area contributed by atoms with Crippen LogP contribution < -0.4 is 0 Å². The van der Waals surface area contributed by atoms with Crippen LogP contribution in [0.4, 0.5) is 0 Å². The molecular weight excluding hydrogens is 141 g/mol. The van der Waals surface area contributed by atoms with E-state index in [-0.39, 0.29) is 0 Å². The summed E-state index contributed by atoms with van der Waals surface area (Å²) >= 11 is 15.4. The zero-order valence-corrected chi connectivity index (χ0v) is 5.13. The Kier molecular flexibility index (Phi) is 4.28. The zero-order valence-electron chi connectivity index (χ0n) is 2.87. The molecule has 0 unspecified atom stereocenters. The van der Waals surface area contributed by atoms with Crippen molar-refractivity contribution >= 4 is 40.1 Å². The van der Waals surface area contributed by atoms with Gasteiger partial charge in [0.15, 0.2) is 0 Å². The second kappa shape index (κ2) is 3.85. The summed E-state index contributed by atoms with van der Waals surface area (Å²) in [6, 6.07) is 0. The SMILES string of the molecule is Cl/C=C\B(Cl)Cl. The third-order valence-corrected chi connectivity index (χ3v) is 0.655. The van der Waals surface area contributed by atoms with Crippen LogP contribution in [0.2, 0.25) is 0 Å². The molecule has 0 atom stereocenters. The number of hydrogen-bond acceptors (Lipinski definition) is 0. The summed E-state index contributed by atoms with van der Waals surface area (Å²) in [5, 5.41) is 0. The Morgan fingerprint density at radius 1 is 1.33 bits per heavy atom. The molecule has 6 heavy (non-hydrogen) atoms. The van der Waals surface area contributed by atoms with Crippen LogP contribution in [0, 0.1) is 0 Å². The summed E-state index contributed by atoms with van der Waals surface area (Å²) in [7, 11) is 0. The predicted molar refractivity (Wildman–Crippen MR) is 32.5 cm³/mol. The normalized spacial score (nSPS) is 9.83. The molecule has 0 saturated carbocycles. The maximum Gasteiger partial charge on any atom is 0.376 e. The van der Waals surface area contributed by atoms with E-state index < -0.39 is 5.54 Å². The second-order valence-electron chi connectivity index (χ2n) is 0.653. The molecule has 0 aromatic carbocycles. The average molecular weight is 143 g/mol. The summed E-state index contributed by atoms with van der Waals surface area (Å²) in [6.45, 7) is 0. The molecule has 0 N–H and O–H groups in total. The van der Waals surface area contributed by atoms with Gasteiger partial charge in [-0.3, -0.25) is 0 Å². The maximum atomic E-state index is 5.17. The zero-order chi connectivity index (χ0) is 4.99. The van der Waals surface area contributed by atoms with Crippen LogP contribution in [-0.4, -0.2) is 5.54 Å². The summed E-state index contributed by atoms with van der Waals surface area (Å²) in [5.41, 5.74) is 0.812. The molecule has 0 nitrogen and oxygen atoms in total.